The van der Waals surface area contributed by atoms with Crippen LogP contribution in [0.15, 0.2) is 58.0 Å². The Hall–Kier alpha value is -3.79. The average molecular weight is 514 g/mol. The van der Waals surface area contributed by atoms with Crippen molar-refractivity contribution in [1.29, 1.82) is 0 Å². The van der Waals surface area contributed by atoms with Crippen molar-refractivity contribution >= 4 is 33.6 Å². The first-order valence-corrected chi connectivity index (χ1v) is 12.9. The van der Waals surface area contributed by atoms with E-state index in [0.717, 1.165) is 12.0 Å². The fourth-order valence-electron chi connectivity index (χ4n) is 3.08. The second-order valence-corrected chi connectivity index (χ2v) is 10.3. The molecule has 0 aliphatic heterocycles. The number of ether oxygens (including phenoxy) is 2. The number of anilines is 2. The van der Waals surface area contributed by atoms with E-state index in [1.54, 1.807) is 33.1 Å². The molecular weight excluding hydrogens is 482 g/mol. The van der Waals surface area contributed by atoms with Gasteiger partial charge in [0.25, 0.3) is 10.0 Å². The number of amides is 1. The fourth-order valence-corrected chi connectivity index (χ4v) is 4.12. The van der Waals surface area contributed by atoms with Crippen LogP contribution in [-0.2, 0) is 14.8 Å². The highest BCUT2D eigenvalue weighted by Gasteiger charge is 2.19. The van der Waals surface area contributed by atoms with Crippen LogP contribution in [0.1, 0.15) is 37.1 Å². The Bertz CT molecular complexity index is 1330. The van der Waals surface area contributed by atoms with Crippen molar-refractivity contribution in [2.75, 3.05) is 23.8 Å². The third kappa shape index (κ3) is 7.11. The van der Waals surface area contributed by atoms with Crippen LogP contribution in [-0.4, -0.2) is 33.2 Å². The molecule has 0 fully saturated rings. The van der Waals surface area contributed by atoms with Crippen LogP contribution in [0.25, 0.3) is 6.08 Å². The van der Waals surface area contributed by atoms with E-state index >= 15 is 0 Å². The first-order valence-electron chi connectivity index (χ1n) is 11.4. The molecular formula is C26H31N3O6S. The third-order valence-corrected chi connectivity index (χ3v) is 6.73. The molecule has 0 saturated heterocycles. The van der Waals surface area contributed by atoms with Crippen molar-refractivity contribution < 1.29 is 27.2 Å². The van der Waals surface area contributed by atoms with Crippen molar-refractivity contribution in [3.63, 3.8) is 0 Å². The van der Waals surface area contributed by atoms with Crippen LogP contribution in [0.4, 0.5) is 11.6 Å². The number of rotatable bonds is 11. The summed E-state index contributed by atoms with van der Waals surface area (Å²) in [7, 11) is -2.30. The molecule has 0 aliphatic carbocycles. The van der Waals surface area contributed by atoms with Gasteiger partial charge in [-0.1, -0.05) is 25.1 Å². The SMILES string of the molecule is COc1cc(/C=C/C(=O)Nc2ccc(S(=O)(=O)Nc3onc(C)c3C)cc2)ccc1OCCC(C)C. The Morgan fingerprint density at radius 2 is 1.83 bits per heavy atom. The summed E-state index contributed by atoms with van der Waals surface area (Å²) < 4.78 is 43.8. The molecule has 0 bridgehead atoms. The van der Waals surface area contributed by atoms with E-state index in [1.165, 1.54) is 30.3 Å². The van der Waals surface area contributed by atoms with E-state index in [1.807, 2.05) is 12.1 Å². The van der Waals surface area contributed by atoms with E-state index in [9.17, 15) is 13.2 Å². The summed E-state index contributed by atoms with van der Waals surface area (Å²) in [5.74, 6) is 1.48. The molecule has 2 N–H and O–H groups in total. The van der Waals surface area contributed by atoms with E-state index < -0.39 is 10.0 Å². The number of nitrogens with zero attached hydrogens (tertiary/aromatic N) is 1. The second kappa shape index (κ2) is 11.8. The molecule has 192 valence electrons. The Morgan fingerprint density at radius 3 is 2.44 bits per heavy atom. The zero-order chi connectivity index (χ0) is 26.3. The zero-order valence-corrected chi connectivity index (χ0v) is 21.8. The predicted octanol–water partition coefficient (Wildman–Crippen LogP) is 5.18. The average Bonchev–Trinajstić information content (AvgIpc) is 3.15. The van der Waals surface area contributed by atoms with Gasteiger partial charge in [-0.15, -0.1) is 0 Å². The number of aromatic nitrogens is 1. The molecule has 1 aromatic heterocycles. The summed E-state index contributed by atoms with van der Waals surface area (Å²) in [4.78, 5) is 12.4. The third-order valence-electron chi connectivity index (χ3n) is 5.38. The van der Waals surface area contributed by atoms with Gasteiger partial charge in [0.1, 0.15) is 0 Å². The number of aryl methyl sites for hydroxylation is 1. The van der Waals surface area contributed by atoms with Gasteiger partial charge in [-0.3, -0.25) is 4.79 Å². The first-order chi connectivity index (χ1) is 17.1. The molecule has 0 unspecified atom stereocenters. The summed E-state index contributed by atoms with van der Waals surface area (Å²) in [5, 5.41) is 6.45. The number of nitrogens with one attached hydrogen (secondary N) is 2. The topological polar surface area (TPSA) is 120 Å². The van der Waals surface area contributed by atoms with Gasteiger partial charge in [-0.25, -0.2) is 13.1 Å². The van der Waals surface area contributed by atoms with Crippen molar-refractivity contribution in [1.82, 2.24) is 5.16 Å². The van der Waals surface area contributed by atoms with E-state index in [-0.39, 0.29) is 16.7 Å². The predicted molar refractivity (Wildman–Crippen MR) is 139 cm³/mol. The van der Waals surface area contributed by atoms with Crippen LogP contribution < -0.4 is 19.5 Å². The Balaban J connectivity index is 1.60. The Morgan fingerprint density at radius 1 is 1.11 bits per heavy atom. The summed E-state index contributed by atoms with van der Waals surface area (Å²) in [6.07, 6.45) is 3.98. The van der Waals surface area contributed by atoms with Crippen LogP contribution in [0.3, 0.4) is 0 Å². The van der Waals surface area contributed by atoms with Gasteiger partial charge in [0.2, 0.25) is 11.8 Å². The summed E-state index contributed by atoms with van der Waals surface area (Å²) in [6.45, 7) is 8.30. The molecule has 1 amide bonds. The molecule has 10 heteroatoms. The number of hydrogen-bond acceptors (Lipinski definition) is 7. The minimum Gasteiger partial charge on any atom is -0.493 e. The van der Waals surface area contributed by atoms with Crippen LogP contribution in [0.2, 0.25) is 0 Å². The van der Waals surface area contributed by atoms with E-state index in [2.05, 4.69) is 29.0 Å². The monoisotopic (exact) mass is 513 g/mol. The minimum absolute atomic E-state index is 0.0206. The fraction of sp³-hybridized carbons (Fsp3) is 0.308. The second-order valence-electron chi connectivity index (χ2n) is 8.62. The molecule has 9 nitrogen and oxygen atoms in total. The lowest BCUT2D eigenvalue weighted by molar-refractivity contribution is -0.111. The van der Waals surface area contributed by atoms with Crippen LogP contribution in [0.5, 0.6) is 11.5 Å². The molecule has 0 aliphatic rings. The molecule has 1 heterocycles. The van der Waals surface area contributed by atoms with Gasteiger partial charge in [0.05, 0.1) is 24.3 Å². The maximum atomic E-state index is 12.6. The molecule has 0 radical (unpaired) electrons. The van der Waals surface area contributed by atoms with Gasteiger partial charge in [-0.2, -0.15) is 0 Å². The minimum atomic E-state index is -3.87. The van der Waals surface area contributed by atoms with Gasteiger partial charge >= 0.3 is 0 Å². The van der Waals surface area contributed by atoms with Crippen molar-refractivity contribution in [3.8, 4) is 11.5 Å². The highest BCUT2D eigenvalue weighted by atomic mass is 32.2. The van der Waals surface area contributed by atoms with Crippen LogP contribution >= 0.6 is 0 Å². The molecule has 3 rings (SSSR count). The maximum Gasteiger partial charge on any atom is 0.264 e. The lowest BCUT2D eigenvalue weighted by Crippen LogP contribution is -2.13. The lowest BCUT2D eigenvalue weighted by atomic mass is 10.1. The Labute approximate surface area is 211 Å². The summed E-state index contributed by atoms with van der Waals surface area (Å²) >= 11 is 0. The van der Waals surface area contributed by atoms with Gasteiger partial charge in [0.15, 0.2) is 11.5 Å². The summed E-state index contributed by atoms with van der Waals surface area (Å²) in [6, 6.07) is 11.2. The van der Waals surface area contributed by atoms with Crippen molar-refractivity contribution in [3.05, 3.63) is 65.4 Å². The van der Waals surface area contributed by atoms with Gasteiger partial charge in [0, 0.05) is 17.3 Å². The van der Waals surface area contributed by atoms with Gasteiger partial charge in [-0.05, 0) is 74.2 Å². The molecule has 0 atom stereocenters. The van der Waals surface area contributed by atoms with Crippen molar-refractivity contribution in [2.45, 2.75) is 39.0 Å². The molecule has 36 heavy (non-hydrogen) atoms. The van der Waals surface area contributed by atoms with Gasteiger partial charge < -0.3 is 19.3 Å². The molecule has 3 aromatic rings. The molecule has 2 aromatic carbocycles. The zero-order valence-electron chi connectivity index (χ0n) is 21.0. The number of sulfonamides is 1. The highest BCUT2D eigenvalue weighted by molar-refractivity contribution is 7.92. The highest BCUT2D eigenvalue weighted by Crippen LogP contribution is 2.29. The first kappa shape index (κ1) is 26.8. The van der Waals surface area contributed by atoms with E-state index in [0.29, 0.717) is 41.0 Å². The number of benzene rings is 2. The molecule has 0 spiro atoms. The van der Waals surface area contributed by atoms with E-state index in [4.69, 9.17) is 14.0 Å². The normalized spacial score (nSPS) is 11.6. The Kier molecular flexibility index (Phi) is 8.76. The number of carbonyl (C=O) groups excluding carboxylic acids is 1. The lowest BCUT2D eigenvalue weighted by Gasteiger charge is -2.12. The largest absolute Gasteiger partial charge is 0.493 e. The quantitative estimate of drug-likeness (QED) is 0.339. The summed E-state index contributed by atoms with van der Waals surface area (Å²) in [5.41, 5.74) is 2.42. The smallest absolute Gasteiger partial charge is 0.264 e. The maximum absolute atomic E-state index is 12.6. The number of methoxy groups -OCH3 is 1. The number of hydrogen-bond donors (Lipinski definition) is 2. The molecule has 0 saturated carbocycles. The van der Waals surface area contributed by atoms with Crippen LogP contribution in [0, 0.1) is 19.8 Å². The van der Waals surface area contributed by atoms with Crippen molar-refractivity contribution in [2.24, 2.45) is 5.92 Å². The number of carbonyl (C=O) groups is 1. The standard InChI is InChI=1S/C26H31N3O6S/c1-17(2)14-15-34-23-12-6-20(16-24(23)33-5)7-13-25(30)27-21-8-10-22(11-9-21)36(31,32)29-26-18(3)19(4)28-35-26/h6-13,16-17,29H,14-15H2,1-5H3,(H,27,30)/b13-7+.